The summed E-state index contributed by atoms with van der Waals surface area (Å²) in [6.07, 6.45) is 3.81. The number of nitrogens with one attached hydrogen (secondary N) is 1. The summed E-state index contributed by atoms with van der Waals surface area (Å²) in [5.41, 5.74) is 12.4. The van der Waals surface area contributed by atoms with E-state index in [-0.39, 0.29) is 5.75 Å². The molecule has 2 heterocycles. The van der Waals surface area contributed by atoms with Gasteiger partial charge in [0.1, 0.15) is 23.0 Å². The number of allylic oxidation sites excluding steroid dienone is 1. The number of nitrogens with two attached hydrogens (primary N) is 1. The van der Waals surface area contributed by atoms with Gasteiger partial charge in [0.05, 0.1) is 0 Å². The third-order valence-electron chi connectivity index (χ3n) is 4.24. The maximum absolute atomic E-state index is 14.1. The van der Waals surface area contributed by atoms with Crippen LogP contribution in [0.3, 0.4) is 0 Å². The Morgan fingerprint density at radius 2 is 1.81 bits per heavy atom. The van der Waals surface area contributed by atoms with E-state index in [1.54, 1.807) is 23.2 Å². The van der Waals surface area contributed by atoms with Crippen LogP contribution in [0.1, 0.15) is 5.56 Å². The lowest BCUT2D eigenvalue weighted by Crippen LogP contribution is -2.28. The highest BCUT2D eigenvalue weighted by Crippen LogP contribution is 2.37. The smallest absolute Gasteiger partial charge is 0.168 e. The molecule has 27 heavy (non-hydrogen) atoms. The topological polar surface area (TPSA) is 66.1 Å². The molecule has 0 fully saturated rings. The zero-order valence-corrected chi connectivity index (χ0v) is 14.7. The van der Waals surface area contributed by atoms with Crippen molar-refractivity contribution in [3.63, 3.8) is 0 Å². The summed E-state index contributed by atoms with van der Waals surface area (Å²) in [7, 11) is 3.74. The van der Waals surface area contributed by atoms with E-state index in [0.29, 0.717) is 22.7 Å². The van der Waals surface area contributed by atoms with Crippen LogP contribution in [-0.4, -0.2) is 29.7 Å². The van der Waals surface area contributed by atoms with E-state index in [4.69, 9.17) is 10.5 Å². The number of ether oxygens (including phenoxy) is 1. The van der Waals surface area contributed by atoms with Crippen molar-refractivity contribution in [3.05, 3.63) is 71.7 Å². The van der Waals surface area contributed by atoms with Crippen LogP contribution in [0.25, 0.3) is 5.57 Å². The number of hydrogen-bond donors (Lipinski definition) is 2. The minimum atomic E-state index is -0.785. The molecule has 0 amide bonds. The number of hydrazone groups is 1. The summed E-state index contributed by atoms with van der Waals surface area (Å²) in [4.78, 5) is 1.89. The van der Waals surface area contributed by atoms with Crippen molar-refractivity contribution in [2.75, 3.05) is 19.8 Å². The molecular weight excluding hydrogens is 352 g/mol. The molecule has 138 valence electrons. The first-order chi connectivity index (χ1) is 12.9. The molecule has 8 heteroatoms. The quantitative estimate of drug-likeness (QED) is 0.813. The molecule has 0 aromatic heterocycles. The number of halogens is 2. The first-order valence-corrected chi connectivity index (χ1v) is 8.18. The Bertz CT molecular complexity index is 1020. The van der Waals surface area contributed by atoms with Crippen LogP contribution in [0, 0.1) is 11.6 Å². The summed E-state index contributed by atoms with van der Waals surface area (Å²) in [6, 6.07) is 8.22. The third kappa shape index (κ3) is 3.05. The number of hydrogen-bond acceptors (Lipinski definition) is 6. The van der Waals surface area contributed by atoms with Crippen molar-refractivity contribution >= 4 is 17.0 Å². The molecule has 6 nitrogen and oxygen atoms in total. The number of benzene rings is 2. The number of nitrogens with zero attached hydrogens (tertiary/aromatic N) is 3. The van der Waals surface area contributed by atoms with Gasteiger partial charge >= 0.3 is 0 Å². The van der Waals surface area contributed by atoms with E-state index in [2.05, 4.69) is 10.6 Å². The summed E-state index contributed by atoms with van der Waals surface area (Å²) < 4.78 is 33.0. The van der Waals surface area contributed by atoms with E-state index in [1.807, 2.05) is 31.4 Å². The second-order valence-corrected chi connectivity index (χ2v) is 6.27. The molecule has 2 aliphatic rings. The SMILES string of the molecule is CN1C=C(c2cc(N)ccc2Oc2ccc(F)cc2F)C2=NNN(C)C2=C1. The summed E-state index contributed by atoms with van der Waals surface area (Å²) in [6.45, 7) is 0. The molecule has 0 saturated heterocycles. The Morgan fingerprint density at radius 1 is 1.04 bits per heavy atom. The van der Waals surface area contributed by atoms with Crippen molar-refractivity contribution in [1.82, 2.24) is 15.4 Å². The zero-order valence-electron chi connectivity index (χ0n) is 14.7. The van der Waals surface area contributed by atoms with Crippen LogP contribution >= 0.6 is 0 Å². The first kappa shape index (κ1) is 16.9. The van der Waals surface area contributed by atoms with Crippen LogP contribution in [-0.2, 0) is 0 Å². The summed E-state index contributed by atoms with van der Waals surface area (Å²) >= 11 is 0. The average molecular weight is 369 g/mol. The van der Waals surface area contributed by atoms with Crippen molar-refractivity contribution < 1.29 is 13.5 Å². The highest BCUT2D eigenvalue weighted by Gasteiger charge is 2.29. The molecular formula is C19H17F2N5O. The van der Waals surface area contributed by atoms with Crippen LogP contribution in [0.5, 0.6) is 11.5 Å². The van der Waals surface area contributed by atoms with Crippen molar-refractivity contribution in [1.29, 1.82) is 0 Å². The molecule has 2 aromatic rings. The van der Waals surface area contributed by atoms with Gasteiger partial charge in [0.15, 0.2) is 11.6 Å². The number of nitrogen functional groups attached to an aromatic ring is 1. The van der Waals surface area contributed by atoms with Gasteiger partial charge in [-0.1, -0.05) is 0 Å². The lowest BCUT2D eigenvalue weighted by Gasteiger charge is -2.24. The lowest BCUT2D eigenvalue weighted by atomic mass is 9.96. The molecule has 0 spiro atoms. The Labute approximate surface area is 154 Å². The van der Waals surface area contributed by atoms with Gasteiger partial charge in [-0.2, -0.15) is 5.10 Å². The fourth-order valence-electron chi connectivity index (χ4n) is 2.96. The Morgan fingerprint density at radius 3 is 2.59 bits per heavy atom. The number of fused-ring (bicyclic) bond motifs is 1. The molecule has 4 rings (SSSR count). The van der Waals surface area contributed by atoms with Crippen LogP contribution < -0.4 is 16.0 Å². The van der Waals surface area contributed by atoms with Gasteiger partial charge in [-0.3, -0.25) is 5.01 Å². The van der Waals surface area contributed by atoms with Gasteiger partial charge in [0.2, 0.25) is 0 Å². The highest BCUT2D eigenvalue weighted by atomic mass is 19.1. The van der Waals surface area contributed by atoms with Crippen molar-refractivity contribution in [2.24, 2.45) is 5.10 Å². The van der Waals surface area contributed by atoms with Crippen molar-refractivity contribution in [2.45, 2.75) is 0 Å². The molecule has 2 aromatic carbocycles. The van der Waals surface area contributed by atoms with Gasteiger partial charge in [0.25, 0.3) is 0 Å². The monoisotopic (exact) mass is 369 g/mol. The fraction of sp³-hybridized carbons (Fsp3) is 0.105. The van der Waals surface area contributed by atoms with E-state index in [0.717, 1.165) is 23.4 Å². The molecule has 0 radical (unpaired) electrons. The van der Waals surface area contributed by atoms with Crippen LogP contribution in [0.4, 0.5) is 14.5 Å². The third-order valence-corrected chi connectivity index (χ3v) is 4.24. The van der Waals surface area contributed by atoms with Gasteiger partial charge in [-0.05, 0) is 30.3 Å². The molecule has 0 bridgehead atoms. The first-order valence-electron chi connectivity index (χ1n) is 8.18. The Kier molecular flexibility index (Phi) is 3.95. The fourth-order valence-corrected chi connectivity index (χ4v) is 2.96. The largest absolute Gasteiger partial charge is 0.454 e. The van der Waals surface area contributed by atoms with E-state index < -0.39 is 11.6 Å². The molecule has 0 saturated carbocycles. The second kappa shape index (κ2) is 6.31. The van der Waals surface area contributed by atoms with E-state index >= 15 is 0 Å². The Balaban J connectivity index is 1.78. The average Bonchev–Trinajstić information content (AvgIpc) is 2.99. The number of hydrazine groups is 1. The van der Waals surface area contributed by atoms with Gasteiger partial charge in [-0.25, -0.2) is 14.3 Å². The number of rotatable bonds is 3. The zero-order chi connectivity index (χ0) is 19.1. The van der Waals surface area contributed by atoms with Crippen LogP contribution in [0.2, 0.25) is 0 Å². The normalized spacial score (nSPS) is 15.6. The van der Waals surface area contributed by atoms with Crippen molar-refractivity contribution in [3.8, 4) is 11.5 Å². The van der Waals surface area contributed by atoms with E-state index in [9.17, 15) is 8.78 Å². The Hall–Kier alpha value is -3.55. The van der Waals surface area contributed by atoms with E-state index in [1.165, 1.54) is 6.07 Å². The minimum Gasteiger partial charge on any atom is -0.454 e. The molecule has 0 unspecified atom stereocenters. The predicted octanol–water partition coefficient (Wildman–Crippen LogP) is 3.27. The maximum Gasteiger partial charge on any atom is 0.168 e. The standard InChI is InChI=1S/C19H17F2N5O/c1-25-9-14(19-16(10-25)26(2)24-23-19)13-8-12(22)4-6-17(13)27-18-5-3-11(20)7-15(18)21/h3-10,24H,22H2,1-2H3. The molecule has 3 N–H and O–H groups in total. The second-order valence-electron chi connectivity index (χ2n) is 6.27. The lowest BCUT2D eigenvalue weighted by molar-refractivity contribution is 0.340. The number of anilines is 1. The minimum absolute atomic E-state index is 0.0773. The molecule has 2 aliphatic heterocycles. The highest BCUT2D eigenvalue weighted by molar-refractivity contribution is 6.33. The van der Waals surface area contributed by atoms with Gasteiger partial charge in [-0.15, -0.1) is 0 Å². The summed E-state index contributed by atoms with van der Waals surface area (Å²) in [5.74, 6) is -1.15. The van der Waals surface area contributed by atoms with Gasteiger partial charge in [0, 0.05) is 49.4 Å². The van der Waals surface area contributed by atoms with Crippen LogP contribution in [0.15, 0.2) is 59.6 Å². The molecule has 0 atom stereocenters. The molecule has 0 aliphatic carbocycles. The maximum atomic E-state index is 14.1. The predicted molar refractivity (Wildman–Crippen MR) is 99.4 cm³/mol. The summed E-state index contributed by atoms with van der Waals surface area (Å²) in [5, 5.41) is 6.13. The van der Waals surface area contributed by atoms with Gasteiger partial charge < -0.3 is 15.4 Å².